The van der Waals surface area contributed by atoms with Crippen molar-refractivity contribution in [1.29, 1.82) is 0 Å². The Hall–Kier alpha value is -2.10. The molecule has 0 N–H and O–H groups in total. The van der Waals surface area contributed by atoms with Crippen LogP contribution in [0.15, 0.2) is 53.6 Å². The average molecular weight is 332 g/mol. The van der Waals surface area contributed by atoms with Crippen LogP contribution in [0.1, 0.15) is 11.1 Å². The van der Waals surface area contributed by atoms with Crippen molar-refractivity contribution in [3.63, 3.8) is 0 Å². The second-order valence-corrected chi connectivity index (χ2v) is 5.67. The molecule has 0 saturated carbocycles. The third-order valence-electron chi connectivity index (χ3n) is 3.57. The second kappa shape index (κ2) is 5.59. The summed E-state index contributed by atoms with van der Waals surface area (Å²) in [6, 6.07) is 14.0. The van der Waals surface area contributed by atoms with Gasteiger partial charge in [0, 0.05) is 5.02 Å². The molecular weight excluding hydrogens is 321 g/mol. The molecule has 2 aromatic rings. The van der Waals surface area contributed by atoms with Gasteiger partial charge in [-0.3, -0.25) is 9.59 Å². The van der Waals surface area contributed by atoms with Crippen LogP contribution in [0.3, 0.4) is 0 Å². The van der Waals surface area contributed by atoms with Crippen molar-refractivity contribution in [2.45, 2.75) is 6.92 Å². The molecule has 110 valence electrons. The zero-order valence-electron chi connectivity index (χ0n) is 11.6. The normalized spacial score (nSPS) is 15.0. The molecule has 22 heavy (non-hydrogen) atoms. The highest BCUT2D eigenvalue weighted by molar-refractivity contribution is 6.60. The van der Waals surface area contributed by atoms with Gasteiger partial charge in [0.2, 0.25) is 0 Å². The number of imide groups is 1. The topological polar surface area (TPSA) is 37.4 Å². The lowest BCUT2D eigenvalue weighted by atomic mass is 10.1. The van der Waals surface area contributed by atoms with Crippen LogP contribution in [-0.4, -0.2) is 11.8 Å². The fraction of sp³-hybridized carbons (Fsp3) is 0.0588. The predicted molar refractivity (Wildman–Crippen MR) is 87.9 cm³/mol. The van der Waals surface area contributed by atoms with E-state index in [1.54, 1.807) is 49.4 Å². The maximum atomic E-state index is 12.7. The summed E-state index contributed by atoms with van der Waals surface area (Å²) in [6.45, 7) is 1.76. The van der Waals surface area contributed by atoms with Crippen LogP contribution in [0.2, 0.25) is 5.02 Å². The number of benzene rings is 2. The third-order valence-corrected chi connectivity index (χ3v) is 4.33. The number of hydrogen-bond donors (Lipinski definition) is 0. The maximum Gasteiger partial charge on any atom is 0.277 e. The van der Waals surface area contributed by atoms with Gasteiger partial charge < -0.3 is 0 Å². The van der Waals surface area contributed by atoms with Gasteiger partial charge in [-0.25, -0.2) is 4.90 Å². The SMILES string of the molecule is Cc1c(Cl)cccc1N1C(=O)C(Cl)=C(c2ccccc2)C1=O. The van der Waals surface area contributed by atoms with E-state index in [2.05, 4.69) is 0 Å². The zero-order chi connectivity index (χ0) is 15.9. The van der Waals surface area contributed by atoms with Crippen molar-refractivity contribution in [1.82, 2.24) is 0 Å². The molecule has 0 unspecified atom stereocenters. The number of halogens is 2. The maximum absolute atomic E-state index is 12.7. The molecule has 3 nitrogen and oxygen atoms in total. The first-order chi connectivity index (χ1) is 10.5. The van der Waals surface area contributed by atoms with E-state index in [0.717, 1.165) is 4.90 Å². The van der Waals surface area contributed by atoms with Gasteiger partial charge >= 0.3 is 0 Å². The van der Waals surface area contributed by atoms with Gasteiger partial charge in [0.25, 0.3) is 11.8 Å². The van der Waals surface area contributed by atoms with Crippen LogP contribution in [0.4, 0.5) is 5.69 Å². The van der Waals surface area contributed by atoms with Gasteiger partial charge in [0.1, 0.15) is 5.03 Å². The molecular formula is C17H11Cl2NO2. The summed E-state index contributed by atoms with van der Waals surface area (Å²) < 4.78 is 0. The number of amides is 2. The Morgan fingerprint density at radius 2 is 1.55 bits per heavy atom. The first-order valence-electron chi connectivity index (χ1n) is 6.61. The Bertz CT molecular complexity index is 813. The Labute approximate surface area is 137 Å². The minimum Gasteiger partial charge on any atom is -0.268 e. The molecule has 0 bridgehead atoms. The number of carbonyl (C=O) groups excluding carboxylic acids is 2. The van der Waals surface area contributed by atoms with E-state index in [-0.39, 0.29) is 10.6 Å². The lowest BCUT2D eigenvalue weighted by Crippen LogP contribution is -2.31. The molecule has 0 saturated heterocycles. The molecule has 2 amide bonds. The first kappa shape index (κ1) is 14.8. The standard InChI is InChI=1S/C17H11Cl2NO2/c1-10-12(18)8-5-9-13(10)20-16(21)14(15(19)17(20)22)11-6-3-2-4-7-11/h2-9H,1H3. The van der Waals surface area contributed by atoms with Gasteiger partial charge in [-0.05, 0) is 30.2 Å². The highest BCUT2D eigenvalue weighted by Crippen LogP contribution is 2.37. The molecule has 0 spiro atoms. The fourth-order valence-electron chi connectivity index (χ4n) is 2.42. The molecule has 3 rings (SSSR count). The van der Waals surface area contributed by atoms with Crippen molar-refractivity contribution in [2.75, 3.05) is 4.90 Å². The molecule has 2 aromatic carbocycles. The van der Waals surface area contributed by atoms with E-state index in [4.69, 9.17) is 23.2 Å². The summed E-state index contributed by atoms with van der Waals surface area (Å²) in [7, 11) is 0. The minimum absolute atomic E-state index is 0.0735. The number of nitrogens with zero attached hydrogens (tertiary/aromatic N) is 1. The molecule has 1 aliphatic rings. The van der Waals surface area contributed by atoms with E-state index in [1.807, 2.05) is 6.07 Å². The van der Waals surface area contributed by atoms with E-state index >= 15 is 0 Å². The summed E-state index contributed by atoms with van der Waals surface area (Å²) in [4.78, 5) is 26.2. The largest absolute Gasteiger partial charge is 0.277 e. The van der Waals surface area contributed by atoms with Crippen LogP contribution in [0.5, 0.6) is 0 Å². The number of anilines is 1. The number of carbonyl (C=O) groups is 2. The predicted octanol–water partition coefficient (Wildman–Crippen LogP) is 4.17. The fourth-order valence-corrected chi connectivity index (χ4v) is 2.86. The molecule has 5 heteroatoms. The molecule has 1 aliphatic heterocycles. The van der Waals surface area contributed by atoms with Gasteiger partial charge in [-0.2, -0.15) is 0 Å². The van der Waals surface area contributed by atoms with Gasteiger partial charge in [0.05, 0.1) is 11.3 Å². The highest BCUT2D eigenvalue weighted by Gasteiger charge is 2.39. The number of hydrogen-bond acceptors (Lipinski definition) is 2. The van der Waals surface area contributed by atoms with E-state index in [9.17, 15) is 9.59 Å². The monoisotopic (exact) mass is 331 g/mol. The quantitative estimate of drug-likeness (QED) is 0.774. The lowest BCUT2D eigenvalue weighted by molar-refractivity contribution is -0.119. The third kappa shape index (κ3) is 2.23. The summed E-state index contributed by atoms with van der Waals surface area (Å²) in [5.74, 6) is -0.970. The van der Waals surface area contributed by atoms with Crippen LogP contribution in [0.25, 0.3) is 5.57 Å². The van der Waals surface area contributed by atoms with Crippen LogP contribution >= 0.6 is 23.2 Å². The molecule has 0 fully saturated rings. The van der Waals surface area contributed by atoms with Crippen molar-refractivity contribution in [3.8, 4) is 0 Å². The van der Waals surface area contributed by atoms with Crippen molar-refractivity contribution in [2.24, 2.45) is 0 Å². The van der Waals surface area contributed by atoms with Crippen molar-refractivity contribution < 1.29 is 9.59 Å². The molecule has 0 aromatic heterocycles. The summed E-state index contributed by atoms with van der Waals surface area (Å²) in [6.07, 6.45) is 0. The van der Waals surface area contributed by atoms with Crippen LogP contribution in [-0.2, 0) is 9.59 Å². The van der Waals surface area contributed by atoms with E-state index < -0.39 is 11.8 Å². The van der Waals surface area contributed by atoms with Crippen molar-refractivity contribution >= 4 is 46.3 Å². The van der Waals surface area contributed by atoms with Crippen LogP contribution < -0.4 is 4.90 Å². The van der Waals surface area contributed by atoms with E-state index in [1.165, 1.54) is 0 Å². The van der Waals surface area contributed by atoms with Gasteiger partial charge in [-0.1, -0.05) is 59.6 Å². The van der Waals surface area contributed by atoms with Gasteiger partial charge in [-0.15, -0.1) is 0 Å². The smallest absolute Gasteiger partial charge is 0.268 e. The Morgan fingerprint density at radius 1 is 0.864 bits per heavy atom. The zero-order valence-corrected chi connectivity index (χ0v) is 13.2. The Kier molecular flexibility index (Phi) is 3.77. The highest BCUT2D eigenvalue weighted by atomic mass is 35.5. The Morgan fingerprint density at radius 3 is 2.23 bits per heavy atom. The first-order valence-corrected chi connectivity index (χ1v) is 7.37. The summed E-state index contributed by atoms with van der Waals surface area (Å²) >= 11 is 12.2. The summed E-state index contributed by atoms with van der Waals surface area (Å²) in [5, 5.41) is 0.415. The molecule has 0 radical (unpaired) electrons. The average Bonchev–Trinajstić information content (AvgIpc) is 2.74. The summed E-state index contributed by atoms with van der Waals surface area (Å²) in [5.41, 5.74) is 1.94. The lowest BCUT2D eigenvalue weighted by Gasteiger charge is -2.18. The van der Waals surface area contributed by atoms with E-state index in [0.29, 0.717) is 21.8 Å². The molecule has 0 aliphatic carbocycles. The van der Waals surface area contributed by atoms with Gasteiger partial charge in [0.15, 0.2) is 0 Å². The molecule has 0 atom stereocenters. The van der Waals surface area contributed by atoms with Crippen molar-refractivity contribution in [3.05, 3.63) is 69.7 Å². The minimum atomic E-state index is -0.532. The molecule has 1 heterocycles. The van der Waals surface area contributed by atoms with Crippen LogP contribution in [0, 0.1) is 6.92 Å². The second-order valence-electron chi connectivity index (χ2n) is 4.88. The Balaban J connectivity index is 2.11. The number of rotatable bonds is 2.